The van der Waals surface area contributed by atoms with Crippen LogP contribution in [0, 0.1) is 10.1 Å². The molecule has 0 aliphatic carbocycles. The maximum absolute atomic E-state index is 10.8. The van der Waals surface area contributed by atoms with Crippen molar-refractivity contribution in [3.05, 3.63) is 44.4 Å². The molecule has 0 bridgehead atoms. The van der Waals surface area contributed by atoms with E-state index in [0.29, 0.717) is 17.0 Å². The van der Waals surface area contributed by atoms with Gasteiger partial charge in [0.05, 0.1) is 10.6 Å². The van der Waals surface area contributed by atoms with E-state index in [4.69, 9.17) is 16.7 Å². The van der Waals surface area contributed by atoms with Crippen molar-refractivity contribution in [2.45, 2.75) is 6.42 Å². The Morgan fingerprint density at radius 3 is 2.94 bits per heavy atom. The second-order valence-electron chi connectivity index (χ2n) is 3.54. The quantitative estimate of drug-likeness (QED) is 0.692. The van der Waals surface area contributed by atoms with Crippen LogP contribution in [0.5, 0.6) is 0 Å². The summed E-state index contributed by atoms with van der Waals surface area (Å²) in [6.07, 6.45) is 0.478. The lowest BCUT2D eigenvalue weighted by Gasteiger charge is -1.98. The van der Waals surface area contributed by atoms with Gasteiger partial charge in [-0.25, -0.2) is 4.98 Å². The molecule has 0 spiro atoms. The molecular weight excluding hydrogens is 276 g/mol. The number of aromatic nitrogens is 1. The van der Waals surface area contributed by atoms with Crippen molar-refractivity contribution in [3.8, 4) is 10.6 Å². The van der Waals surface area contributed by atoms with Gasteiger partial charge in [-0.2, -0.15) is 0 Å². The molecule has 0 amide bonds. The number of nitro groups is 1. The fraction of sp³-hybridized carbons (Fsp3) is 0.182. The summed E-state index contributed by atoms with van der Waals surface area (Å²) in [7, 11) is 0. The lowest BCUT2D eigenvalue weighted by molar-refractivity contribution is -0.384. The van der Waals surface area contributed by atoms with Crippen molar-refractivity contribution in [1.29, 1.82) is 0 Å². The molecule has 2 rings (SSSR count). The number of halogens is 1. The van der Waals surface area contributed by atoms with Crippen molar-refractivity contribution in [3.63, 3.8) is 0 Å². The molecule has 1 N–H and O–H groups in total. The Labute approximate surface area is 112 Å². The average Bonchev–Trinajstić information content (AvgIpc) is 2.78. The van der Waals surface area contributed by atoms with Gasteiger partial charge in [0.1, 0.15) is 10.0 Å². The molecule has 2 aromatic rings. The molecule has 1 heterocycles. The van der Waals surface area contributed by atoms with E-state index < -0.39 is 4.92 Å². The van der Waals surface area contributed by atoms with Gasteiger partial charge in [0, 0.05) is 30.0 Å². The molecule has 1 aromatic heterocycles. The minimum Gasteiger partial charge on any atom is -0.396 e. The second-order valence-corrected chi connectivity index (χ2v) is 4.81. The number of aliphatic hydroxyl groups is 1. The van der Waals surface area contributed by atoms with Gasteiger partial charge in [0.2, 0.25) is 0 Å². The van der Waals surface area contributed by atoms with Crippen molar-refractivity contribution < 1.29 is 10.0 Å². The molecule has 0 aliphatic heterocycles. The highest BCUT2D eigenvalue weighted by Crippen LogP contribution is 2.31. The predicted molar refractivity (Wildman–Crippen MR) is 70.0 cm³/mol. The molecular formula is C11H9ClN2O3S. The first kappa shape index (κ1) is 12.9. The molecule has 0 atom stereocenters. The van der Waals surface area contributed by atoms with Gasteiger partial charge in [-0.05, 0) is 12.1 Å². The largest absolute Gasteiger partial charge is 0.396 e. The van der Waals surface area contributed by atoms with Crippen LogP contribution in [0.15, 0.2) is 23.6 Å². The van der Waals surface area contributed by atoms with Crippen molar-refractivity contribution >= 4 is 28.6 Å². The van der Waals surface area contributed by atoms with Gasteiger partial charge >= 0.3 is 0 Å². The normalized spacial score (nSPS) is 10.6. The third-order valence-electron chi connectivity index (χ3n) is 2.31. The summed E-state index contributed by atoms with van der Waals surface area (Å²) < 4.78 is 0. The topological polar surface area (TPSA) is 76.3 Å². The monoisotopic (exact) mass is 284 g/mol. The summed E-state index contributed by atoms with van der Waals surface area (Å²) >= 11 is 7.12. The SMILES string of the molecule is O=[N+]([O-])c1cc(-c2nc(CCO)cs2)ccc1Cl. The number of thiazole rings is 1. The fourth-order valence-corrected chi connectivity index (χ4v) is 2.49. The number of benzene rings is 1. The summed E-state index contributed by atoms with van der Waals surface area (Å²) in [6, 6.07) is 4.59. The summed E-state index contributed by atoms with van der Waals surface area (Å²) in [6.45, 7) is 0.0317. The summed E-state index contributed by atoms with van der Waals surface area (Å²) in [5.74, 6) is 0. The van der Waals surface area contributed by atoms with Crippen molar-refractivity contribution in [2.24, 2.45) is 0 Å². The molecule has 18 heavy (non-hydrogen) atoms. The van der Waals surface area contributed by atoms with Crippen LogP contribution >= 0.6 is 22.9 Å². The Hall–Kier alpha value is -1.50. The van der Waals surface area contributed by atoms with E-state index in [1.165, 1.54) is 23.5 Å². The van der Waals surface area contributed by atoms with Crippen LogP contribution in [0.25, 0.3) is 10.6 Å². The van der Waals surface area contributed by atoms with Gasteiger partial charge in [-0.3, -0.25) is 10.1 Å². The minimum atomic E-state index is -0.520. The van der Waals surface area contributed by atoms with Gasteiger partial charge in [0.15, 0.2) is 0 Å². The first-order valence-corrected chi connectivity index (χ1v) is 6.37. The summed E-state index contributed by atoms with van der Waals surface area (Å²) in [5, 5.41) is 22.2. The third-order valence-corrected chi connectivity index (χ3v) is 3.57. The number of rotatable bonds is 4. The highest BCUT2D eigenvalue weighted by atomic mass is 35.5. The highest BCUT2D eigenvalue weighted by molar-refractivity contribution is 7.13. The zero-order chi connectivity index (χ0) is 13.1. The predicted octanol–water partition coefficient (Wildman–Crippen LogP) is 2.91. The molecule has 1 aromatic carbocycles. The number of nitrogens with zero attached hydrogens (tertiary/aromatic N) is 2. The fourth-order valence-electron chi connectivity index (χ4n) is 1.45. The molecule has 0 aliphatic rings. The van der Waals surface area contributed by atoms with Gasteiger partial charge in [-0.15, -0.1) is 11.3 Å². The Bertz CT molecular complexity index is 585. The minimum absolute atomic E-state index is 0.0317. The standard InChI is InChI=1S/C11H9ClN2O3S/c12-9-2-1-7(5-10(9)14(16)17)11-13-8(3-4-15)6-18-11/h1-2,5-6,15H,3-4H2. The number of hydrogen-bond acceptors (Lipinski definition) is 5. The maximum Gasteiger partial charge on any atom is 0.288 e. The number of hydrogen-bond donors (Lipinski definition) is 1. The first-order valence-electron chi connectivity index (χ1n) is 5.11. The zero-order valence-corrected chi connectivity index (χ0v) is 10.7. The molecule has 7 heteroatoms. The third kappa shape index (κ3) is 2.66. The van der Waals surface area contributed by atoms with Crippen LogP contribution in [-0.4, -0.2) is 21.6 Å². The number of aliphatic hydroxyl groups excluding tert-OH is 1. The maximum atomic E-state index is 10.8. The Balaban J connectivity index is 2.38. The zero-order valence-electron chi connectivity index (χ0n) is 9.17. The van der Waals surface area contributed by atoms with E-state index >= 15 is 0 Å². The summed E-state index contributed by atoms with van der Waals surface area (Å²) in [5.41, 5.74) is 1.29. The van der Waals surface area contributed by atoms with E-state index in [1.807, 2.05) is 5.38 Å². The Morgan fingerprint density at radius 2 is 2.28 bits per heavy atom. The van der Waals surface area contributed by atoms with Crippen LogP contribution in [0.1, 0.15) is 5.69 Å². The first-order chi connectivity index (χ1) is 8.61. The summed E-state index contributed by atoms with van der Waals surface area (Å²) in [4.78, 5) is 14.6. The van der Waals surface area contributed by atoms with Gasteiger partial charge < -0.3 is 5.11 Å². The van der Waals surface area contributed by atoms with Crippen LogP contribution in [0.4, 0.5) is 5.69 Å². The van der Waals surface area contributed by atoms with Crippen LogP contribution < -0.4 is 0 Å². The van der Waals surface area contributed by atoms with Crippen LogP contribution in [-0.2, 0) is 6.42 Å². The van der Waals surface area contributed by atoms with E-state index in [2.05, 4.69) is 4.98 Å². The second kappa shape index (κ2) is 5.43. The van der Waals surface area contributed by atoms with E-state index in [-0.39, 0.29) is 17.3 Å². The van der Waals surface area contributed by atoms with Gasteiger partial charge in [-0.1, -0.05) is 11.6 Å². The Morgan fingerprint density at radius 1 is 1.50 bits per heavy atom. The van der Waals surface area contributed by atoms with E-state index in [0.717, 1.165) is 5.69 Å². The molecule has 94 valence electrons. The molecule has 0 saturated heterocycles. The molecule has 0 saturated carbocycles. The van der Waals surface area contributed by atoms with E-state index in [1.54, 1.807) is 6.07 Å². The highest BCUT2D eigenvalue weighted by Gasteiger charge is 2.15. The lowest BCUT2D eigenvalue weighted by atomic mass is 10.2. The molecule has 0 radical (unpaired) electrons. The van der Waals surface area contributed by atoms with Crippen LogP contribution in [0.2, 0.25) is 5.02 Å². The lowest BCUT2D eigenvalue weighted by Crippen LogP contribution is -1.91. The van der Waals surface area contributed by atoms with E-state index in [9.17, 15) is 10.1 Å². The number of nitro benzene ring substituents is 1. The molecule has 0 unspecified atom stereocenters. The molecule has 5 nitrogen and oxygen atoms in total. The molecule has 0 fully saturated rings. The van der Waals surface area contributed by atoms with Gasteiger partial charge in [0.25, 0.3) is 5.69 Å². The van der Waals surface area contributed by atoms with Crippen molar-refractivity contribution in [1.82, 2.24) is 4.98 Å². The van der Waals surface area contributed by atoms with Crippen LogP contribution in [0.3, 0.4) is 0 Å². The average molecular weight is 285 g/mol. The van der Waals surface area contributed by atoms with Crippen molar-refractivity contribution in [2.75, 3.05) is 6.61 Å². The smallest absolute Gasteiger partial charge is 0.288 e. The Kier molecular flexibility index (Phi) is 3.90.